The molecule has 0 atom stereocenters. The number of carboxylic acid groups (broad SMARTS) is 1. The van der Waals surface area contributed by atoms with Crippen molar-refractivity contribution < 1.29 is 55.8 Å². The summed E-state index contributed by atoms with van der Waals surface area (Å²) in [5.41, 5.74) is 1.37. The minimum atomic E-state index is -4.94. The van der Waals surface area contributed by atoms with Crippen LogP contribution in [0.25, 0.3) is 0 Å². The maximum Gasteiger partial charge on any atom is 2.00 e. The Morgan fingerprint density at radius 1 is 0.833 bits per heavy atom. The second kappa shape index (κ2) is 16.8. The van der Waals surface area contributed by atoms with Crippen LogP contribution in [0.3, 0.4) is 0 Å². The number of aromatic carboxylic acids is 1. The molecular weight excluding hydrogens is 467 g/mol. The predicted octanol–water partition coefficient (Wildman–Crippen LogP) is -5.34. The van der Waals surface area contributed by atoms with E-state index in [1.807, 2.05) is 12.1 Å². The quantitative estimate of drug-likeness (QED) is 0.343. The van der Waals surface area contributed by atoms with E-state index in [0.29, 0.717) is 0 Å². The summed E-state index contributed by atoms with van der Waals surface area (Å²) < 4.78 is 34.0. The molecule has 10 nitrogen and oxygen atoms in total. The number of rotatable bonds is 3. The Labute approximate surface area is 189 Å². The van der Waals surface area contributed by atoms with E-state index < -0.39 is 16.2 Å². The van der Waals surface area contributed by atoms with E-state index in [-0.39, 0.29) is 22.6 Å². The minimum absolute atomic E-state index is 0. The third-order valence-corrected chi connectivity index (χ3v) is 4.21. The number of hydrogen-bond acceptors (Lipinski definition) is 10. The summed E-state index contributed by atoms with van der Waals surface area (Å²) in [5, 5.41) is 21.2. The second-order valence-corrected chi connectivity index (χ2v) is 7.35. The van der Waals surface area contributed by atoms with Crippen molar-refractivity contribution in [1.29, 1.82) is 0 Å². The normalized spacial score (nSPS) is 17.6. The van der Waals surface area contributed by atoms with Crippen molar-refractivity contribution in [3.05, 3.63) is 35.4 Å². The van der Waals surface area contributed by atoms with Crippen LogP contribution in [0, 0.1) is 10.2 Å². The number of carbonyl (C=O) groups is 1. The Bertz CT molecular complexity index is 557. The van der Waals surface area contributed by atoms with Gasteiger partial charge in [0.1, 0.15) is 0 Å². The molecule has 1 aliphatic heterocycles. The molecule has 1 aliphatic rings. The standard InChI is InChI=1S/C18H30N4O2.ClHO4.Cu/c23-18(24)17-5-3-16(4-6-17)15-22-13-2-9-20-11-10-19-7-1-8-21-12-14-22;2-1(3,4)5;/h3-6,19-21H,1-2,7-15H2,(H,23,24);(H,2,3,4,5);/q;;+2/p-2. The number of benzene rings is 1. The number of nitrogens with zero attached hydrogens (tertiary/aromatic N) is 1. The van der Waals surface area contributed by atoms with E-state index in [0.717, 1.165) is 77.3 Å². The molecule has 0 aliphatic carbocycles. The van der Waals surface area contributed by atoms with E-state index >= 15 is 0 Å². The van der Waals surface area contributed by atoms with Gasteiger partial charge >= 0.3 is 17.1 Å². The van der Waals surface area contributed by atoms with Crippen molar-refractivity contribution >= 4 is 5.97 Å². The van der Waals surface area contributed by atoms with Gasteiger partial charge in [-0.2, -0.15) is 0 Å². The van der Waals surface area contributed by atoms with Crippen molar-refractivity contribution in [1.82, 2.24) is 20.9 Å². The molecule has 0 saturated carbocycles. The number of halogens is 1. The van der Waals surface area contributed by atoms with Gasteiger partial charge in [0.15, 0.2) is 0 Å². The molecule has 12 heteroatoms. The molecule has 1 aromatic carbocycles. The van der Waals surface area contributed by atoms with Gasteiger partial charge in [0.2, 0.25) is 0 Å². The SMILES string of the molecule is O=C([O-])c1ccc(CN2CCCNCCNCCCNCC2)cc1.[Cu+2].[O-][Cl+3]([O-])([O-])[O-]. The molecule has 0 amide bonds. The molecule has 1 aromatic rings. The van der Waals surface area contributed by atoms with Gasteiger partial charge < -0.3 is 25.9 Å². The van der Waals surface area contributed by atoms with Crippen LogP contribution in [-0.4, -0.2) is 63.2 Å². The van der Waals surface area contributed by atoms with Crippen molar-refractivity contribution in [3.63, 3.8) is 0 Å². The molecule has 1 fully saturated rings. The molecule has 1 saturated heterocycles. The summed E-state index contributed by atoms with van der Waals surface area (Å²) in [6, 6.07) is 7.02. The Kier molecular flexibility index (Phi) is 16.4. The topological polar surface area (TPSA) is 172 Å². The molecule has 175 valence electrons. The maximum absolute atomic E-state index is 10.8. The molecule has 30 heavy (non-hydrogen) atoms. The van der Waals surface area contributed by atoms with Crippen LogP contribution in [0.5, 0.6) is 0 Å². The summed E-state index contributed by atoms with van der Waals surface area (Å²) in [4.78, 5) is 13.3. The Morgan fingerprint density at radius 2 is 1.33 bits per heavy atom. The molecular formula is C18H29ClCuN4O6. The first-order chi connectivity index (χ1) is 13.8. The molecule has 0 unspecified atom stereocenters. The average Bonchev–Trinajstić information content (AvgIpc) is 2.64. The van der Waals surface area contributed by atoms with Crippen LogP contribution in [0.15, 0.2) is 24.3 Å². The van der Waals surface area contributed by atoms with Gasteiger partial charge in [-0.1, -0.05) is 24.3 Å². The van der Waals surface area contributed by atoms with E-state index in [2.05, 4.69) is 20.9 Å². The van der Waals surface area contributed by atoms with Gasteiger partial charge in [-0.3, -0.25) is 4.90 Å². The predicted molar refractivity (Wildman–Crippen MR) is 93.9 cm³/mol. The monoisotopic (exact) mass is 495 g/mol. The zero-order valence-corrected chi connectivity index (χ0v) is 18.4. The van der Waals surface area contributed by atoms with E-state index in [1.165, 1.54) is 0 Å². The molecule has 0 bridgehead atoms. The summed E-state index contributed by atoms with van der Waals surface area (Å²) in [6.07, 6.45) is 2.25. The van der Waals surface area contributed by atoms with Crippen LogP contribution in [-0.2, 0) is 23.6 Å². The van der Waals surface area contributed by atoms with E-state index in [1.54, 1.807) is 12.1 Å². The number of carbonyl (C=O) groups excluding carboxylic acids is 1. The number of nitrogens with one attached hydrogen (secondary N) is 3. The van der Waals surface area contributed by atoms with Crippen LogP contribution < -0.4 is 39.7 Å². The minimum Gasteiger partial charge on any atom is -0.545 e. The van der Waals surface area contributed by atoms with Crippen molar-refractivity contribution in [2.24, 2.45) is 0 Å². The molecule has 0 aromatic heterocycles. The fraction of sp³-hybridized carbons (Fsp3) is 0.611. The number of carboxylic acids is 1. The molecule has 1 heterocycles. The van der Waals surface area contributed by atoms with Crippen molar-refractivity contribution in [3.8, 4) is 0 Å². The van der Waals surface area contributed by atoms with Crippen LogP contribution in [0.1, 0.15) is 28.8 Å². The van der Waals surface area contributed by atoms with Crippen LogP contribution in [0.2, 0.25) is 0 Å². The molecule has 0 spiro atoms. The summed E-state index contributed by atoms with van der Waals surface area (Å²) in [6.45, 7) is 9.00. The van der Waals surface area contributed by atoms with Gasteiger partial charge in [0.05, 0.1) is 5.97 Å². The summed E-state index contributed by atoms with van der Waals surface area (Å²) in [5.74, 6) is -1.12. The molecule has 2 rings (SSSR count). The number of hydrogen-bond donors (Lipinski definition) is 3. The fourth-order valence-corrected chi connectivity index (χ4v) is 2.83. The zero-order valence-electron chi connectivity index (χ0n) is 16.7. The third kappa shape index (κ3) is 16.9. The smallest absolute Gasteiger partial charge is 0.545 e. The Morgan fingerprint density at radius 3 is 1.87 bits per heavy atom. The molecule has 1 radical (unpaired) electrons. The van der Waals surface area contributed by atoms with E-state index in [4.69, 9.17) is 18.6 Å². The van der Waals surface area contributed by atoms with Gasteiger partial charge in [-0.25, -0.2) is 18.6 Å². The fourth-order valence-electron chi connectivity index (χ4n) is 2.83. The second-order valence-electron chi connectivity index (χ2n) is 6.60. The van der Waals surface area contributed by atoms with E-state index in [9.17, 15) is 9.90 Å². The zero-order chi connectivity index (χ0) is 21.5. The van der Waals surface area contributed by atoms with Crippen molar-refractivity contribution in [2.75, 3.05) is 52.4 Å². The Balaban J connectivity index is 0.00000125. The van der Waals surface area contributed by atoms with Crippen molar-refractivity contribution in [2.45, 2.75) is 19.4 Å². The van der Waals surface area contributed by atoms with Gasteiger partial charge in [-0.05, 0) is 50.1 Å². The largest absolute Gasteiger partial charge is 2.00 e. The summed E-state index contributed by atoms with van der Waals surface area (Å²) >= 11 is 0. The Hall–Kier alpha value is -0.821. The van der Waals surface area contributed by atoms with Gasteiger partial charge in [0, 0.05) is 32.7 Å². The first kappa shape index (κ1) is 29.2. The maximum atomic E-state index is 10.8. The summed E-state index contributed by atoms with van der Waals surface area (Å²) in [7, 11) is -4.94. The first-order valence-electron chi connectivity index (χ1n) is 9.52. The van der Waals surface area contributed by atoms with Gasteiger partial charge in [0.25, 0.3) is 0 Å². The van der Waals surface area contributed by atoms with Gasteiger partial charge in [-0.15, -0.1) is 10.2 Å². The van der Waals surface area contributed by atoms with Crippen LogP contribution in [0.4, 0.5) is 0 Å². The third-order valence-electron chi connectivity index (χ3n) is 4.21. The molecule has 3 N–H and O–H groups in total. The first-order valence-corrected chi connectivity index (χ1v) is 10.8. The average molecular weight is 496 g/mol. The van der Waals surface area contributed by atoms with Crippen LogP contribution >= 0.6 is 0 Å².